The molecule has 0 N–H and O–H groups in total. The molecule has 1 unspecified atom stereocenters. The summed E-state index contributed by atoms with van der Waals surface area (Å²) in [6.07, 6.45) is 10.8. The fraction of sp³-hybridized carbons (Fsp3) is 1.00. The molecule has 0 spiro atoms. The number of rotatable bonds is 16. The molecule has 0 nitrogen and oxygen atoms in total. The van der Waals surface area contributed by atoms with Crippen LogP contribution in [0, 0.1) is 0 Å². The highest BCUT2D eigenvalue weighted by Gasteiger charge is 2.59. The first kappa shape index (κ1) is 24.4. The highest BCUT2D eigenvalue weighted by molar-refractivity contribution is 14.1. The van der Waals surface area contributed by atoms with E-state index in [-0.39, 0.29) is 6.42 Å². The Hall–Kier alpha value is 0.380. The van der Waals surface area contributed by atoms with Gasteiger partial charge in [-0.05, 0) is 6.42 Å². The Kier molecular flexibility index (Phi) is 13.8. The van der Waals surface area contributed by atoms with Gasteiger partial charge in [0, 0.05) is 22.6 Å². The van der Waals surface area contributed by atoms with Crippen LogP contribution in [0.1, 0.15) is 96.8 Å². The van der Waals surface area contributed by atoms with Crippen molar-refractivity contribution in [3.05, 3.63) is 0 Å². The van der Waals surface area contributed by atoms with Crippen LogP contribution in [0.3, 0.4) is 0 Å². The molecule has 6 heteroatoms. The van der Waals surface area contributed by atoms with Crippen molar-refractivity contribution in [3.63, 3.8) is 0 Å². The lowest BCUT2D eigenvalue weighted by Crippen LogP contribution is -2.43. The van der Waals surface area contributed by atoms with Crippen LogP contribution in [0.25, 0.3) is 0 Å². The number of hydrogen-bond donors (Lipinski definition) is 0. The fourth-order valence-electron chi connectivity index (χ4n) is 2.70. The summed E-state index contributed by atoms with van der Waals surface area (Å²) in [6, 6.07) is 0. The number of hydrogen-bond acceptors (Lipinski definition) is 0. The summed E-state index contributed by atoms with van der Waals surface area (Å²) in [7, 11) is 0. The summed E-state index contributed by atoms with van der Waals surface area (Å²) in [6.45, 7) is 2.21. The molecule has 0 aromatic carbocycles. The summed E-state index contributed by atoms with van der Waals surface area (Å²) < 4.78 is 60.2. The average Bonchev–Trinajstić information content (AvgIpc) is 2.50. The molecule has 0 aromatic heterocycles. The number of alkyl halides is 6. The molecule has 1 atom stereocenters. The topological polar surface area (TPSA) is 0 Å². The van der Waals surface area contributed by atoms with Gasteiger partial charge in [-0.15, -0.1) is 0 Å². The summed E-state index contributed by atoms with van der Waals surface area (Å²) in [5.41, 5.74) is 0. The monoisotopic (exact) mass is 470 g/mol. The Morgan fingerprint density at radius 3 is 1.33 bits per heavy atom. The van der Waals surface area contributed by atoms with E-state index in [1.165, 1.54) is 51.4 Å². The van der Waals surface area contributed by atoms with Crippen molar-refractivity contribution in [2.24, 2.45) is 0 Å². The van der Waals surface area contributed by atoms with E-state index in [4.69, 9.17) is 0 Å². The largest absolute Gasteiger partial charge is 0.361 e. The first-order valence-corrected chi connectivity index (χ1v) is 10.4. The Balaban J connectivity index is 3.43. The zero-order valence-electron chi connectivity index (χ0n) is 14.7. The predicted octanol–water partition coefficient (Wildman–Crippen LogP) is 8.47. The van der Waals surface area contributed by atoms with Crippen LogP contribution in [-0.4, -0.2) is 16.0 Å². The average molecular weight is 470 g/mol. The molecule has 146 valence electrons. The Labute approximate surface area is 157 Å². The van der Waals surface area contributed by atoms with Crippen molar-refractivity contribution in [2.75, 3.05) is 0 Å². The molecule has 0 amide bonds. The second-order valence-corrected chi connectivity index (χ2v) is 7.97. The summed E-state index contributed by atoms with van der Waals surface area (Å²) in [5, 5.41) is 0. The normalized spacial score (nSPS) is 14.1. The van der Waals surface area contributed by atoms with Crippen LogP contribution in [0.15, 0.2) is 0 Å². The number of halogens is 6. The van der Waals surface area contributed by atoms with Gasteiger partial charge in [0.25, 0.3) is 0 Å². The number of unbranched alkanes of at least 4 members (excludes halogenated alkanes) is 12. The van der Waals surface area contributed by atoms with E-state index in [0.29, 0.717) is 29.0 Å². The van der Waals surface area contributed by atoms with E-state index < -0.39 is 22.4 Å². The van der Waals surface area contributed by atoms with Crippen LogP contribution >= 0.6 is 22.6 Å². The van der Waals surface area contributed by atoms with Gasteiger partial charge in [0.15, 0.2) is 6.17 Å². The van der Waals surface area contributed by atoms with Crippen LogP contribution in [0.2, 0.25) is 0 Å². The molecule has 0 fully saturated rings. The molecule has 0 aliphatic rings. The SMILES string of the molecule is CCCCCCCCCCCCCCCC(F)C(F)(F)C(F)(F)I. The first-order chi connectivity index (χ1) is 11.2. The van der Waals surface area contributed by atoms with E-state index in [1.54, 1.807) is 0 Å². The van der Waals surface area contributed by atoms with Crippen molar-refractivity contribution in [3.8, 4) is 0 Å². The molecule has 0 saturated heterocycles. The molecule has 0 heterocycles. The lowest BCUT2D eigenvalue weighted by atomic mass is 10.0. The molecule has 0 aliphatic heterocycles. The van der Waals surface area contributed by atoms with Gasteiger partial charge in [-0.3, -0.25) is 0 Å². The summed E-state index contributed by atoms with van der Waals surface area (Å²) >= 11 is 0.311. The van der Waals surface area contributed by atoms with Gasteiger partial charge in [0.2, 0.25) is 0 Å². The van der Waals surface area contributed by atoms with Crippen LogP contribution < -0.4 is 0 Å². The molecule has 0 rings (SSSR count). The van der Waals surface area contributed by atoms with E-state index in [2.05, 4.69) is 6.92 Å². The summed E-state index contributed by atoms with van der Waals surface area (Å²) in [5.74, 6) is -4.58. The molecule has 0 radical (unpaired) electrons. The lowest BCUT2D eigenvalue weighted by molar-refractivity contribution is -0.182. The van der Waals surface area contributed by atoms with Crippen molar-refractivity contribution < 1.29 is 22.0 Å². The fourth-order valence-corrected chi connectivity index (χ4v) is 3.04. The maximum Gasteiger partial charge on any atom is 0.361 e. The minimum absolute atomic E-state index is 0.237. The van der Waals surface area contributed by atoms with Gasteiger partial charge in [-0.25, -0.2) is 4.39 Å². The summed E-state index contributed by atoms with van der Waals surface area (Å²) in [4.78, 5) is 0. The highest BCUT2D eigenvalue weighted by atomic mass is 127. The molecule has 0 saturated carbocycles. The Morgan fingerprint density at radius 2 is 1.00 bits per heavy atom. The minimum atomic E-state index is -4.58. The van der Waals surface area contributed by atoms with Crippen molar-refractivity contribution >= 4 is 22.6 Å². The quantitative estimate of drug-likeness (QED) is 0.0919. The van der Waals surface area contributed by atoms with E-state index >= 15 is 0 Å². The predicted molar refractivity (Wildman–Crippen MR) is 99.1 cm³/mol. The third kappa shape index (κ3) is 11.1. The standard InChI is InChI=1S/C18H32F5I/c1-2-3-4-5-6-7-8-9-10-11-12-13-14-15-16(19)17(20,21)18(22,23)24/h16H,2-15H2,1H3. The van der Waals surface area contributed by atoms with E-state index in [9.17, 15) is 22.0 Å². The molecule has 24 heavy (non-hydrogen) atoms. The second-order valence-electron chi connectivity index (χ2n) is 6.62. The van der Waals surface area contributed by atoms with Crippen molar-refractivity contribution in [1.29, 1.82) is 0 Å². The molecular formula is C18H32F5I. The molecule has 0 aliphatic carbocycles. The van der Waals surface area contributed by atoms with Gasteiger partial charge >= 0.3 is 9.85 Å². The Morgan fingerprint density at radius 1 is 0.667 bits per heavy atom. The van der Waals surface area contributed by atoms with Crippen LogP contribution in [0.5, 0.6) is 0 Å². The third-order valence-electron chi connectivity index (χ3n) is 4.33. The van der Waals surface area contributed by atoms with Gasteiger partial charge in [-0.1, -0.05) is 90.4 Å². The molecular weight excluding hydrogens is 438 g/mol. The highest BCUT2D eigenvalue weighted by Crippen LogP contribution is 2.44. The van der Waals surface area contributed by atoms with Gasteiger partial charge in [0.05, 0.1) is 0 Å². The maximum absolute atomic E-state index is 13.3. The second kappa shape index (κ2) is 13.6. The van der Waals surface area contributed by atoms with E-state index in [0.717, 1.165) is 19.3 Å². The zero-order chi connectivity index (χ0) is 18.5. The lowest BCUT2D eigenvalue weighted by Gasteiger charge is -2.24. The Bertz CT molecular complexity index is 292. The molecule has 0 bridgehead atoms. The van der Waals surface area contributed by atoms with Gasteiger partial charge in [0.1, 0.15) is 0 Å². The first-order valence-electron chi connectivity index (χ1n) is 9.32. The van der Waals surface area contributed by atoms with Crippen LogP contribution in [0.4, 0.5) is 22.0 Å². The third-order valence-corrected chi connectivity index (χ3v) is 5.05. The zero-order valence-corrected chi connectivity index (χ0v) is 16.9. The van der Waals surface area contributed by atoms with Gasteiger partial charge < -0.3 is 0 Å². The van der Waals surface area contributed by atoms with E-state index in [1.807, 2.05) is 0 Å². The van der Waals surface area contributed by atoms with Crippen LogP contribution in [-0.2, 0) is 0 Å². The van der Waals surface area contributed by atoms with Crippen molar-refractivity contribution in [1.82, 2.24) is 0 Å². The molecule has 0 aromatic rings. The minimum Gasteiger partial charge on any atom is -0.241 e. The van der Waals surface area contributed by atoms with Crippen molar-refractivity contribution in [2.45, 2.75) is 113 Å². The smallest absolute Gasteiger partial charge is 0.241 e. The van der Waals surface area contributed by atoms with Gasteiger partial charge in [-0.2, -0.15) is 17.6 Å². The maximum atomic E-state index is 13.3.